The minimum atomic E-state index is -0.353. The van der Waals surface area contributed by atoms with E-state index in [0.717, 1.165) is 18.7 Å². The van der Waals surface area contributed by atoms with E-state index >= 15 is 0 Å². The molecule has 2 aromatic rings. The minimum Gasteiger partial charge on any atom is -0.339 e. The van der Waals surface area contributed by atoms with Crippen LogP contribution < -0.4 is 0 Å². The Balaban J connectivity index is 1.37. The van der Waals surface area contributed by atoms with E-state index in [1.54, 1.807) is 11.1 Å². The number of carbonyl (C=O) groups excluding carboxylic acids is 2. The van der Waals surface area contributed by atoms with Crippen molar-refractivity contribution in [1.29, 1.82) is 0 Å². The lowest BCUT2D eigenvalue weighted by atomic mass is 9.94. The van der Waals surface area contributed by atoms with Crippen molar-refractivity contribution in [3.8, 4) is 0 Å². The third-order valence-electron chi connectivity index (χ3n) is 5.73. The van der Waals surface area contributed by atoms with Crippen molar-refractivity contribution < 1.29 is 14.0 Å². The second-order valence-electron chi connectivity index (χ2n) is 7.73. The SMILES string of the molecule is Cn1ccnc1CN(C(=O)C1CCN(C(=O)c2ccc(F)cc2)CC1)C1CC1. The van der Waals surface area contributed by atoms with Crippen LogP contribution in [0.1, 0.15) is 41.9 Å². The maximum Gasteiger partial charge on any atom is 0.253 e. The van der Waals surface area contributed by atoms with Crippen LogP contribution in [0.2, 0.25) is 0 Å². The molecule has 1 aromatic heterocycles. The fourth-order valence-corrected chi connectivity index (χ4v) is 3.81. The first-order chi connectivity index (χ1) is 13.5. The lowest BCUT2D eigenvalue weighted by Gasteiger charge is -2.34. The van der Waals surface area contributed by atoms with Gasteiger partial charge < -0.3 is 14.4 Å². The second kappa shape index (κ2) is 7.73. The van der Waals surface area contributed by atoms with Gasteiger partial charge in [-0.25, -0.2) is 9.37 Å². The molecule has 0 bridgehead atoms. The molecule has 7 heteroatoms. The number of aryl methyl sites for hydroxylation is 1. The highest BCUT2D eigenvalue weighted by molar-refractivity contribution is 5.94. The molecule has 1 aromatic carbocycles. The molecule has 2 amide bonds. The summed E-state index contributed by atoms with van der Waals surface area (Å²) in [6.45, 7) is 1.64. The van der Waals surface area contributed by atoms with E-state index in [0.29, 0.717) is 44.1 Å². The quantitative estimate of drug-likeness (QED) is 0.796. The Morgan fingerprint density at radius 1 is 1.14 bits per heavy atom. The Labute approximate surface area is 164 Å². The molecule has 1 saturated carbocycles. The zero-order valence-corrected chi connectivity index (χ0v) is 16.1. The number of imidazole rings is 1. The van der Waals surface area contributed by atoms with Crippen molar-refractivity contribution in [2.24, 2.45) is 13.0 Å². The number of rotatable bonds is 5. The Kier molecular flexibility index (Phi) is 5.15. The van der Waals surface area contributed by atoms with Crippen LogP contribution in [0.3, 0.4) is 0 Å². The maximum atomic E-state index is 13.1. The lowest BCUT2D eigenvalue weighted by Crippen LogP contribution is -2.45. The van der Waals surface area contributed by atoms with Crippen LogP contribution in [0.25, 0.3) is 0 Å². The summed E-state index contributed by atoms with van der Waals surface area (Å²) in [6, 6.07) is 5.94. The summed E-state index contributed by atoms with van der Waals surface area (Å²) >= 11 is 0. The molecule has 0 spiro atoms. The molecule has 148 valence electrons. The Morgan fingerprint density at radius 3 is 2.39 bits per heavy atom. The van der Waals surface area contributed by atoms with Crippen molar-refractivity contribution in [3.05, 3.63) is 53.9 Å². The molecule has 6 nitrogen and oxygen atoms in total. The number of hydrogen-bond donors (Lipinski definition) is 0. The second-order valence-corrected chi connectivity index (χ2v) is 7.73. The highest BCUT2D eigenvalue weighted by Gasteiger charge is 2.38. The Bertz CT molecular complexity index is 852. The van der Waals surface area contributed by atoms with E-state index in [1.165, 1.54) is 24.3 Å². The van der Waals surface area contributed by atoms with Gasteiger partial charge in [0, 0.05) is 50.1 Å². The number of aromatic nitrogens is 2. The summed E-state index contributed by atoms with van der Waals surface area (Å²) in [6.07, 6.45) is 7.08. The number of carbonyl (C=O) groups is 2. The number of nitrogens with zero attached hydrogens (tertiary/aromatic N) is 4. The number of amides is 2. The average Bonchev–Trinajstić information content (AvgIpc) is 3.48. The van der Waals surface area contributed by atoms with Gasteiger partial charge in [0.05, 0.1) is 6.54 Å². The molecular weight excluding hydrogens is 359 g/mol. The van der Waals surface area contributed by atoms with Gasteiger partial charge in [0.1, 0.15) is 11.6 Å². The van der Waals surface area contributed by atoms with Gasteiger partial charge in [-0.05, 0) is 49.9 Å². The maximum absolute atomic E-state index is 13.1. The number of halogens is 1. The van der Waals surface area contributed by atoms with Gasteiger partial charge in [0.25, 0.3) is 5.91 Å². The van der Waals surface area contributed by atoms with Crippen molar-refractivity contribution >= 4 is 11.8 Å². The minimum absolute atomic E-state index is 0.0573. The third kappa shape index (κ3) is 3.93. The van der Waals surface area contributed by atoms with Crippen molar-refractivity contribution in [3.63, 3.8) is 0 Å². The van der Waals surface area contributed by atoms with Crippen LogP contribution in [-0.2, 0) is 18.4 Å². The number of benzene rings is 1. The molecule has 1 aliphatic heterocycles. The molecule has 1 saturated heterocycles. The first kappa shape index (κ1) is 18.7. The summed E-state index contributed by atoms with van der Waals surface area (Å²) in [4.78, 5) is 33.8. The van der Waals surface area contributed by atoms with Crippen LogP contribution in [0, 0.1) is 11.7 Å². The number of piperidine rings is 1. The molecule has 2 aliphatic rings. The van der Waals surface area contributed by atoms with E-state index in [2.05, 4.69) is 4.98 Å². The monoisotopic (exact) mass is 384 g/mol. The highest BCUT2D eigenvalue weighted by Crippen LogP contribution is 2.31. The fourth-order valence-electron chi connectivity index (χ4n) is 3.81. The molecule has 0 atom stereocenters. The topological polar surface area (TPSA) is 58.4 Å². The third-order valence-corrected chi connectivity index (χ3v) is 5.73. The molecule has 0 unspecified atom stereocenters. The summed E-state index contributed by atoms with van der Waals surface area (Å²) in [7, 11) is 1.94. The van der Waals surface area contributed by atoms with Crippen molar-refractivity contribution in [1.82, 2.24) is 19.4 Å². The van der Waals surface area contributed by atoms with Crippen molar-refractivity contribution in [2.75, 3.05) is 13.1 Å². The van der Waals surface area contributed by atoms with Crippen LogP contribution in [0.5, 0.6) is 0 Å². The normalized spacial score (nSPS) is 17.6. The predicted octanol–water partition coefficient (Wildman–Crippen LogP) is 2.60. The van der Waals surface area contributed by atoms with Gasteiger partial charge in [0.2, 0.25) is 5.91 Å². The molecule has 0 radical (unpaired) electrons. The van der Waals surface area contributed by atoms with E-state index in [-0.39, 0.29) is 23.5 Å². The fraction of sp³-hybridized carbons (Fsp3) is 0.476. The van der Waals surface area contributed by atoms with E-state index in [4.69, 9.17) is 0 Å². The smallest absolute Gasteiger partial charge is 0.253 e. The largest absolute Gasteiger partial charge is 0.339 e. The molecular formula is C21H25FN4O2. The highest BCUT2D eigenvalue weighted by atomic mass is 19.1. The van der Waals surface area contributed by atoms with Gasteiger partial charge in [0.15, 0.2) is 0 Å². The lowest BCUT2D eigenvalue weighted by molar-refractivity contribution is -0.138. The molecule has 4 rings (SSSR count). The summed E-state index contributed by atoms with van der Waals surface area (Å²) < 4.78 is 15.0. The Morgan fingerprint density at radius 2 is 1.82 bits per heavy atom. The predicted molar refractivity (Wildman–Crippen MR) is 102 cm³/mol. The van der Waals surface area contributed by atoms with Gasteiger partial charge in [-0.2, -0.15) is 0 Å². The van der Waals surface area contributed by atoms with Crippen LogP contribution in [0.15, 0.2) is 36.7 Å². The Hall–Kier alpha value is -2.70. The zero-order chi connectivity index (χ0) is 19.7. The summed E-state index contributed by atoms with van der Waals surface area (Å²) in [5.74, 6) is 0.563. The van der Waals surface area contributed by atoms with Crippen molar-refractivity contribution in [2.45, 2.75) is 38.3 Å². The number of likely N-dealkylation sites (tertiary alicyclic amines) is 1. The first-order valence-corrected chi connectivity index (χ1v) is 9.84. The van der Waals surface area contributed by atoms with E-state index in [9.17, 15) is 14.0 Å². The van der Waals surface area contributed by atoms with Gasteiger partial charge in [-0.1, -0.05) is 0 Å². The molecule has 2 fully saturated rings. The van der Waals surface area contributed by atoms with Gasteiger partial charge in [-0.15, -0.1) is 0 Å². The van der Waals surface area contributed by atoms with Gasteiger partial charge >= 0.3 is 0 Å². The number of hydrogen-bond acceptors (Lipinski definition) is 3. The van der Waals surface area contributed by atoms with Crippen LogP contribution >= 0.6 is 0 Å². The van der Waals surface area contributed by atoms with Crippen LogP contribution in [-0.4, -0.2) is 50.3 Å². The summed E-state index contributed by atoms with van der Waals surface area (Å²) in [5, 5.41) is 0. The average molecular weight is 384 g/mol. The molecule has 0 N–H and O–H groups in total. The standard InChI is InChI=1S/C21H25FN4O2/c1-24-13-10-23-19(24)14-26(18-6-7-18)21(28)16-8-11-25(12-9-16)20(27)15-2-4-17(22)5-3-15/h2-5,10,13,16,18H,6-9,11-12,14H2,1H3. The summed E-state index contributed by atoms with van der Waals surface area (Å²) in [5.41, 5.74) is 0.487. The molecule has 2 heterocycles. The van der Waals surface area contributed by atoms with E-state index in [1.807, 2.05) is 22.7 Å². The molecule has 28 heavy (non-hydrogen) atoms. The van der Waals surface area contributed by atoms with E-state index < -0.39 is 0 Å². The first-order valence-electron chi connectivity index (χ1n) is 9.84. The molecule has 1 aliphatic carbocycles. The van der Waals surface area contributed by atoms with Crippen LogP contribution in [0.4, 0.5) is 4.39 Å². The van der Waals surface area contributed by atoms with Gasteiger partial charge in [-0.3, -0.25) is 9.59 Å². The zero-order valence-electron chi connectivity index (χ0n) is 16.1.